The number of piperidine rings is 1. The van der Waals surface area contributed by atoms with Crippen molar-refractivity contribution in [1.29, 1.82) is 0 Å². The molecule has 1 aliphatic carbocycles. The van der Waals surface area contributed by atoms with Gasteiger partial charge in [0.25, 0.3) is 0 Å². The van der Waals surface area contributed by atoms with Crippen molar-refractivity contribution in [2.24, 2.45) is 11.8 Å². The smallest absolute Gasteiger partial charge is 0.0456 e. The van der Waals surface area contributed by atoms with E-state index in [1.807, 2.05) is 0 Å². The van der Waals surface area contributed by atoms with Crippen LogP contribution in [0.4, 0.5) is 0 Å². The quantitative estimate of drug-likeness (QED) is 0.893. The minimum Gasteiger partial charge on any atom is -0.361 e. The minimum atomic E-state index is 0.996. The van der Waals surface area contributed by atoms with Gasteiger partial charge in [-0.3, -0.25) is 0 Å². The normalized spacial score (nSPS) is 26.9. The zero-order valence-corrected chi connectivity index (χ0v) is 12.9. The summed E-state index contributed by atoms with van der Waals surface area (Å²) in [5.41, 5.74) is 2.76. The molecule has 0 radical (unpaired) electrons. The van der Waals surface area contributed by atoms with Crippen LogP contribution in [0.2, 0.25) is 0 Å². The predicted octanol–water partition coefficient (Wildman–Crippen LogP) is 4.22. The first kappa shape index (κ1) is 13.4. The Kier molecular flexibility index (Phi) is 3.72. The number of aromatic amines is 1. The third kappa shape index (κ3) is 2.74. The van der Waals surface area contributed by atoms with Gasteiger partial charge in [0.05, 0.1) is 0 Å². The lowest BCUT2D eigenvalue weighted by atomic mass is 9.75. The fourth-order valence-electron chi connectivity index (χ4n) is 4.50. The molecule has 1 saturated carbocycles. The van der Waals surface area contributed by atoms with Crippen LogP contribution in [-0.4, -0.2) is 29.5 Å². The van der Waals surface area contributed by atoms with Gasteiger partial charge < -0.3 is 9.88 Å². The van der Waals surface area contributed by atoms with E-state index in [9.17, 15) is 0 Å². The molecule has 2 atom stereocenters. The molecule has 4 rings (SSSR count). The molecule has 2 heteroatoms. The second-order valence-corrected chi connectivity index (χ2v) is 7.00. The SMILES string of the molecule is c1ccc2c(CCN3CCC4CCCCC4C3)c[nH]c2c1. The highest BCUT2D eigenvalue weighted by molar-refractivity contribution is 5.83. The molecule has 1 aromatic heterocycles. The van der Waals surface area contributed by atoms with Gasteiger partial charge in [-0.15, -0.1) is 0 Å². The van der Waals surface area contributed by atoms with Crippen LogP contribution in [-0.2, 0) is 6.42 Å². The third-order valence-corrected chi connectivity index (χ3v) is 5.75. The molecule has 112 valence electrons. The lowest BCUT2D eigenvalue weighted by Gasteiger charge is -2.41. The number of para-hydroxylation sites is 1. The molecule has 2 aliphatic rings. The van der Waals surface area contributed by atoms with E-state index in [4.69, 9.17) is 0 Å². The lowest BCUT2D eigenvalue weighted by molar-refractivity contribution is 0.0878. The molecule has 0 amide bonds. The Morgan fingerprint density at radius 3 is 2.86 bits per heavy atom. The number of H-pyrrole nitrogens is 1. The Labute approximate surface area is 127 Å². The molecule has 2 fully saturated rings. The van der Waals surface area contributed by atoms with Crippen LogP contribution in [0, 0.1) is 11.8 Å². The first-order valence-corrected chi connectivity index (χ1v) is 8.67. The number of hydrogen-bond donors (Lipinski definition) is 1. The van der Waals surface area contributed by atoms with E-state index < -0.39 is 0 Å². The average Bonchev–Trinajstić information content (AvgIpc) is 2.96. The highest BCUT2D eigenvalue weighted by Crippen LogP contribution is 2.36. The van der Waals surface area contributed by atoms with Crippen LogP contribution < -0.4 is 0 Å². The molecule has 1 aliphatic heterocycles. The van der Waals surface area contributed by atoms with Crippen molar-refractivity contribution in [2.45, 2.75) is 38.5 Å². The molecule has 0 bridgehead atoms. The number of hydrogen-bond acceptors (Lipinski definition) is 1. The molecule has 2 nitrogen and oxygen atoms in total. The van der Waals surface area contributed by atoms with Gasteiger partial charge in [0, 0.05) is 30.2 Å². The Hall–Kier alpha value is -1.28. The van der Waals surface area contributed by atoms with Gasteiger partial charge in [-0.05, 0) is 49.3 Å². The summed E-state index contributed by atoms with van der Waals surface area (Å²) >= 11 is 0. The van der Waals surface area contributed by atoms with Crippen LogP contribution in [0.3, 0.4) is 0 Å². The zero-order chi connectivity index (χ0) is 14.1. The van der Waals surface area contributed by atoms with Gasteiger partial charge in [0.2, 0.25) is 0 Å². The molecule has 1 N–H and O–H groups in total. The Bertz CT molecular complexity index is 600. The van der Waals surface area contributed by atoms with Crippen molar-refractivity contribution in [1.82, 2.24) is 9.88 Å². The fourth-order valence-corrected chi connectivity index (χ4v) is 4.50. The molecule has 0 spiro atoms. The van der Waals surface area contributed by atoms with E-state index in [0.29, 0.717) is 0 Å². The summed E-state index contributed by atoms with van der Waals surface area (Å²) in [6.07, 6.45) is 10.8. The number of aromatic nitrogens is 1. The number of nitrogens with one attached hydrogen (secondary N) is 1. The highest BCUT2D eigenvalue weighted by Gasteiger charge is 2.30. The summed E-state index contributed by atoms with van der Waals surface area (Å²) in [6, 6.07) is 8.67. The molecule has 2 aromatic rings. The predicted molar refractivity (Wildman–Crippen MR) is 88.5 cm³/mol. The van der Waals surface area contributed by atoms with Gasteiger partial charge in [0.1, 0.15) is 0 Å². The summed E-state index contributed by atoms with van der Waals surface area (Å²) < 4.78 is 0. The molecule has 1 saturated heterocycles. The van der Waals surface area contributed by atoms with Crippen molar-refractivity contribution in [3.8, 4) is 0 Å². The van der Waals surface area contributed by atoms with E-state index in [0.717, 1.165) is 11.8 Å². The van der Waals surface area contributed by atoms with E-state index in [1.54, 1.807) is 0 Å². The van der Waals surface area contributed by atoms with Gasteiger partial charge in [-0.25, -0.2) is 0 Å². The molecule has 1 aromatic carbocycles. The van der Waals surface area contributed by atoms with Crippen molar-refractivity contribution in [2.75, 3.05) is 19.6 Å². The Balaban J connectivity index is 1.38. The number of likely N-dealkylation sites (tertiary alicyclic amines) is 1. The summed E-state index contributed by atoms with van der Waals surface area (Å²) in [5, 5.41) is 1.41. The van der Waals surface area contributed by atoms with Crippen molar-refractivity contribution >= 4 is 10.9 Å². The minimum absolute atomic E-state index is 0.996. The van der Waals surface area contributed by atoms with Crippen molar-refractivity contribution in [3.05, 3.63) is 36.0 Å². The number of benzene rings is 1. The van der Waals surface area contributed by atoms with Gasteiger partial charge >= 0.3 is 0 Å². The van der Waals surface area contributed by atoms with Crippen LogP contribution in [0.5, 0.6) is 0 Å². The first-order chi connectivity index (χ1) is 10.4. The van der Waals surface area contributed by atoms with Crippen molar-refractivity contribution < 1.29 is 0 Å². The summed E-state index contributed by atoms with van der Waals surface area (Å²) in [6.45, 7) is 3.90. The van der Waals surface area contributed by atoms with E-state index in [2.05, 4.69) is 40.3 Å². The maximum Gasteiger partial charge on any atom is 0.0456 e. The maximum atomic E-state index is 3.40. The highest BCUT2D eigenvalue weighted by atomic mass is 15.1. The monoisotopic (exact) mass is 282 g/mol. The van der Waals surface area contributed by atoms with Gasteiger partial charge in [-0.2, -0.15) is 0 Å². The Morgan fingerprint density at radius 1 is 1.05 bits per heavy atom. The second kappa shape index (κ2) is 5.84. The third-order valence-electron chi connectivity index (χ3n) is 5.75. The maximum absolute atomic E-state index is 3.40. The van der Waals surface area contributed by atoms with Crippen LogP contribution in [0.25, 0.3) is 10.9 Å². The van der Waals surface area contributed by atoms with Gasteiger partial charge in [-0.1, -0.05) is 37.5 Å². The van der Waals surface area contributed by atoms with Crippen molar-refractivity contribution in [3.63, 3.8) is 0 Å². The first-order valence-electron chi connectivity index (χ1n) is 8.67. The van der Waals surface area contributed by atoms with E-state index >= 15 is 0 Å². The number of rotatable bonds is 3. The fraction of sp³-hybridized carbons (Fsp3) is 0.579. The summed E-state index contributed by atoms with van der Waals surface area (Å²) in [5.74, 6) is 2.04. The number of fused-ring (bicyclic) bond motifs is 2. The molecule has 21 heavy (non-hydrogen) atoms. The zero-order valence-electron chi connectivity index (χ0n) is 12.9. The molecular formula is C19H26N2. The van der Waals surface area contributed by atoms with Crippen LogP contribution in [0.1, 0.15) is 37.7 Å². The second-order valence-electron chi connectivity index (χ2n) is 7.00. The molecular weight excluding hydrogens is 256 g/mol. The summed E-state index contributed by atoms with van der Waals surface area (Å²) in [7, 11) is 0. The molecule has 2 unspecified atom stereocenters. The average molecular weight is 282 g/mol. The van der Waals surface area contributed by atoms with Crippen LogP contribution in [0.15, 0.2) is 30.5 Å². The van der Waals surface area contributed by atoms with E-state index in [1.165, 1.54) is 74.6 Å². The lowest BCUT2D eigenvalue weighted by Crippen LogP contribution is -2.42. The summed E-state index contributed by atoms with van der Waals surface area (Å²) in [4.78, 5) is 6.12. The standard InChI is InChI=1S/C19H26N2/c1-2-6-17-14-21(11-9-15(17)5-1)12-10-16-13-20-19-8-4-3-7-18(16)19/h3-4,7-8,13,15,17,20H,1-2,5-6,9-12,14H2. The van der Waals surface area contributed by atoms with Gasteiger partial charge in [0.15, 0.2) is 0 Å². The van der Waals surface area contributed by atoms with Crippen LogP contribution >= 0.6 is 0 Å². The largest absolute Gasteiger partial charge is 0.361 e. The number of nitrogens with zero attached hydrogens (tertiary/aromatic N) is 1. The van der Waals surface area contributed by atoms with E-state index in [-0.39, 0.29) is 0 Å². The topological polar surface area (TPSA) is 19.0 Å². The Morgan fingerprint density at radius 2 is 1.90 bits per heavy atom. The molecule has 2 heterocycles.